The van der Waals surface area contributed by atoms with Crippen molar-refractivity contribution in [2.75, 3.05) is 0 Å². The fourth-order valence-corrected chi connectivity index (χ4v) is 6.34. The molecule has 1 heterocycles. The number of rotatable bonds is 2. The molecule has 4 aromatic carbocycles. The van der Waals surface area contributed by atoms with Gasteiger partial charge in [-0.3, -0.25) is 0 Å². The van der Waals surface area contributed by atoms with Crippen molar-refractivity contribution < 1.29 is 0 Å². The summed E-state index contributed by atoms with van der Waals surface area (Å²) >= 11 is 0. The van der Waals surface area contributed by atoms with Gasteiger partial charge in [0.15, 0.2) is 5.82 Å². The minimum absolute atomic E-state index is 0.000485. The Kier molecular flexibility index (Phi) is 4.27. The lowest BCUT2D eigenvalue weighted by Gasteiger charge is -2.24. The van der Waals surface area contributed by atoms with Gasteiger partial charge < -0.3 is 0 Å². The summed E-state index contributed by atoms with van der Waals surface area (Å²) in [5.74, 6) is 0.767. The van der Waals surface area contributed by atoms with E-state index in [1.165, 1.54) is 44.5 Å². The molecule has 2 aliphatic rings. The third-order valence-corrected chi connectivity index (χ3v) is 8.36. The van der Waals surface area contributed by atoms with E-state index in [-0.39, 0.29) is 10.8 Å². The highest BCUT2D eigenvalue weighted by Crippen LogP contribution is 2.56. The van der Waals surface area contributed by atoms with E-state index in [0.29, 0.717) is 0 Å². The summed E-state index contributed by atoms with van der Waals surface area (Å²) in [5, 5.41) is 0. The minimum atomic E-state index is -0.103. The first-order chi connectivity index (χ1) is 17.4. The molecule has 0 saturated carbocycles. The monoisotopic (exact) mass is 464 g/mol. The highest BCUT2D eigenvalue weighted by Gasteiger charge is 2.41. The Bertz CT molecular complexity index is 1680. The molecule has 0 aliphatic heterocycles. The van der Waals surface area contributed by atoms with Gasteiger partial charge in [-0.05, 0) is 68.8 Å². The Labute approximate surface area is 212 Å². The number of hydrogen-bond acceptors (Lipinski definition) is 2. The largest absolute Gasteiger partial charge is 0.237 e. The van der Waals surface area contributed by atoms with Gasteiger partial charge in [-0.25, -0.2) is 9.97 Å². The van der Waals surface area contributed by atoms with Crippen molar-refractivity contribution in [2.24, 2.45) is 0 Å². The second-order valence-corrected chi connectivity index (χ2v) is 11.1. The van der Waals surface area contributed by atoms with Crippen molar-refractivity contribution >= 4 is 0 Å². The van der Waals surface area contributed by atoms with Crippen molar-refractivity contribution in [2.45, 2.75) is 38.5 Å². The van der Waals surface area contributed by atoms with Crippen LogP contribution in [0.2, 0.25) is 0 Å². The van der Waals surface area contributed by atoms with E-state index in [2.05, 4.69) is 99.4 Å². The summed E-state index contributed by atoms with van der Waals surface area (Å²) in [7, 11) is 0. The number of aromatic nitrogens is 2. The Morgan fingerprint density at radius 1 is 0.500 bits per heavy atom. The summed E-state index contributed by atoms with van der Waals surface area (Å²) in [6.45, 7) is 9.40. The highest BCUT2D eigenvalue weighted by atomic mass is 14.9. The molecule has 5 aromatic rings. The molecule has 0 atom stereocenters. The van der Waals surface area contributed by atoms with Crippen molar-refractivity contribution in [3.8, 4) is 44.9 Å². The van der Waals surface area contributed by atoms with E-state index in [0.717, 1.165) is 22.6 Å². The summed E-state index contributed by atoms with van der Waals surface area (Å²) in [6.07, 6.45) is 1.86. The maximum absolute atomic E-state index is 4.92. The molecular weight excluding hydrogens is 436 g/mol. The number of hydrogen-bond donors (Lipinski definition) is 0. The number of fused-ring (bicyclic) bond motifs is 6. The molecule has 36 heavy (non-hydrogen) atoms. The molecule has 0 bridgehead atoms. The van der Waals surface area contributed by atoms with E-state index >= 15 is 0 Å². The average Bonchev–Trinajstić information content (AvgIpc) is 3.27. The van der Waals surface area contributed by atoms with Crippen LogP contribution in [-0.4, -0.2) is 9.97 Å². The SMILES string of the molecule is CC1(C)c2ccccc2-c2cc3c(cc21)-c1ccc(-c2nccc(-c4ccccc4)n2)cc1C3(C)C. The van der Waals surface area contributed by atoms with E-state index in [1.807, 2.05) is 30.5 Å². The van der Waals surface area contributed by atoms with Gasteiger partial charge >= 0.3 is 0 Å². The molecular formula is C34H28N2. The van der Waals surface area contributed by atoms with Gasteiger partial charge in [0.25, 0.3) is 0 Å². The third kappa shape index (κ3) is 2.85. The third-order valence-electron chi connectivity index (χ3n) is 8.36. The first-order valence-electron chi connectivity index (χ1n) is 12.7. The van der Waals surface area contributed by atoms with Crippen molar-refractivity contribution in [3.63, 3.8) is 0 Å². The van der Waals surface area contributed by atoms with Crippen molar-refractivity contribution in [3.05, 3.63) is 119 Å². The molecule has 2 aliphatic carbocycles. The quantitative estimate of drug-likeness (QED) is 0.262. The van der Waals surface area contributed by atoms with Crippen LogP contribution < -0.4 is 0 Å². The lowest BCUT2D eigenvalue weighted by molar-refractivity contribution is 0.652. The van der Waals surface area contributed by atoms with Crippen LogP contribution in [0.5, 0.6) is 0 Å². The predicted octanol–water partition coefficient (Wildman–Crippen LogP) is 8.42. The average molecular weight is 465 g/mol. The molecule has 174 valence electrons. The lowest BCUT2D eigenvalue weighted by atomic mass is 9.79. The van der Waals surface area contributed by atoms with Gasteiger partial charge in [-0.1, -0.05) is 94.4 Å². The Balaban J connectivity index is 1.36. The maximum atomic E-state index is 4.92. The lowest BCUT2D eigenvalue weighted by Crippen LogP contribution is -2.17. The van der Waals surface area contributed by atoms with Crippen molar-refractivity contribution in [1.29, 1.82) is 0 Å². The summed E-state index contributed by atoms with van der Waals surface area (Å²) in [5.41, 5.74) is 14.0. The molecule has 0 radical (unpaired) electrons. The topological polar surface area (TPSA) is 25.8 Å². The van der Waals surface area contributed by atoms with Crippen molar-refractivity contribution in [1.82, 2.24) is 9.97 Å². The zero-order chi connectivity index (χ0) is 24.7. The number of nitrogens with zero attached hydrogens (tertiary/aromatic N) is 2. The molecule has 7 rings (SSSR count). The molecule has 2 nitrogen and oxygen atoms in total. The molecule has 1 aromatic heterocycles. The second-order valence-electron chi connectivity index (χ2n) is 11.1. The minimum Gasteiger partial charge on any atom is -0.237 e. The number of benzene rings is 4. The molecule has 0 fully saturated rings. The molecule has 0 saturated heterocycles. The first-order valence-corrected chi connectivity index (χ1v) is 12.7. The standard InChI is InChI=1S/C34H28N2/c1-33(2)27-13-9-8-12-23(27)25-19-30-26(20-29(25)33)24-15-14-22(18-28(24)34(30,3)4)32-35-17-16-31(36-32)21-10-6-5-7-11-21/h5-20H,1-4H3. The van der Waals surface area contributed by atoms with Crippen LogP contribution in [0, 0.1) is 0 Å². The zero-order valence-electron chi connectivity index (χ0n) is 21.1. The Morgan fingerprint density at radius 2 is 1.11 bits per heavy atom. The summed E-state index contributed by atoms with van der Waals surface area (Å²) < 4.78 is 0. The van der Waals surface area contributed by atoms with E-state index in [9.17, 15) is 0 Å². The maximum Gasteiger partial charge on any atom is 0.159 e. The van der Waals surface area contributed by atoms with Crippen LogP contribution in [0.3, 0.4) is 0 Å². The fourth-order valence-electron chi connectivity index (χ4n) is 6.34. The van der Waals surface area contributed by atoms with Gasteiger partial charge in [0.1, 0.15) is 0 Å². The van der Waals surface area contributed by atoms with Crippen LogP contribution in [-0.2, 0) is 10.8 Å². The zero-order valence-corrected chi connectivity index (χ0v) is 21.1. The van der Waals surface area contributed by atoms with Crippen LogP contribution in [0.25, 0.3) is 44.9 Å². The molecule has 0 amide bonds. The molecule has 0 N–H and O–H groups in total. The molecule has 0 unspecified atom stereocenters. The normalized spacial score (nSPS) is 15.7. The van der Waals surface area contributed by atoms with Crippen LogP contribution >= 0.6 is 0 Å². The van der Waals surface area contributed by atoms with Crippen LogP contribution in [0.4, 0.5) is 0 Å². The van der Waals surface area contributed by atoms with E-state index in [4.69, 9.17) is 4.98 Å². The summed E-state index contributed by atoms with van der Waals surface area (Å²) in [4.78, 5) is 9.56. The van der Waals surface area contributed by atoms with Gasteiger partial charge in [-0.15, -0.1) is 0 Å². The predicted molar refractivity (Wildman–Crippen MR) is 148 cm³/mol. The smallest absolute Gasteiger partial charge is 0.159 e. The first kappa shape index (κ1) is 21.3. The second kappa shape index (κ2) is 7.24. The van der Waals surface area contributed by atoms with E-state index < -0.39 is 0 Å². The van der Waals surface area contributed by atoms with Gasteiger partial charge in [0.05, 0.1) is 5.69 Å². The van der Waals surface area contributed by atoms with Gasteiger partial charge in [0, 0.05) is 28.2 Å². The Hall–Kier alpha value is -4.04. The van der Waals surface area contributed by atoms with Gasteiger partial charge in [0.2, 0.25) is 0 Å². The summed E-state index contributed by atoms with van der Waals surface area (Å²) in [6, 6.07) is 32.9. The van der Waals surface area contributed by atoms with Crippen LogP contribution in [0.1, 0.15) is 49.9 Å². The van der Waals surface area contributed by atoms with Gasteiger partial charge in [-0.2, -0.15) is 0 Å². The van der Waals surface area contributed by atoms with Crippen LogP contribution in [0.15, 0.2) is 97.2 Å². The highest BCUT2D eigenvalue weighted by molar-refractivity contribution is 5.90. The Morgan fingerprint density at radius 3 is 1.86 bits per heavy atom. The molecule has 0 spiro atoms. The van der Waals surface area contributed by atoms with E-state index in [1.54, 1.807) is 0 Å². The fraction of sp³-hybridized carbons (Fsp3) is 0.176. The molecule has 2 heteroatoms.